The third-order valence-corrected chi connectivity index (χ3v) is 7.43. The molecule has 4 rings (SSSR count). The fourth-order valence-corrected chi connectivity index (χ4v) is 5.15. The topological polar surface area (TPSA) is 45.7 Å². The lowest BCUT2D eigenvalue weighted by atomic mass is 10.0. The van der Waals surface area contributed by atoms with Gasteiger partial charge in [0.05, 0.1) is 22.9 Å². The summed E-state index contributed by atoms with van der Waals surface area (Å²) in [7, 11) is 1.62. The van der Waals surface area contributed by atoms with E-state index >= 15 is 0 Å². The maximum atomic E-state index is 14.0. The molecular formula is C27H32ClN3O2S. The van der Waals surface area contributed by atoms with Crippen LogP contribution in [0.5, 0.6) is 5.75 Å². The highest BCUT2D eigenvalue weighted by Gasteiger charge is 2.25. The minimum atomic E-state index is -0.0850. The monoisotopic (exact) mass is 497 g/mol. The molecule has 0 aliphatic carbocycles. The van der Waals surface area contributed by atoms with Crippen molar-refractivity contribution in [1.29, 1.82) is 0 Å². The third kappa shape index (κ3) is 5.04. The lowest BCUT2D eigenvalue weighted by Gasteiger charge is -2.25. The van der Waals surface area contributed by atoms with Gasteiger partial charge < -0.3 is 9.64 Å². The van der Waals surface area contributed by atoms with Gasteiger partial charge in [0.15, 0.2) is 5.13 Å². The summed E-state index contributed by atoms with van der Waals surface area (Å²) < 4.78 is 6.74. The van der Waals surface area contributed by atoms with Crippen LogP contribution >= 0.6 is 23.7 Å². The number of likely N-dealkylation sites (N-methyl/N-ethyl adjacent to an activating group) is 1. The van der Waals surface area contributed by atoms with Crippen molar-refractivity contribution in [3.8, 4) is 5.75 Å². The quantitative estimate of drug-likeness (QED) is 0.279. The Labute approximate surface area is 211 Å². The number of carbonyl (C=O) groups excluding carboxylic acids is 1. The van der Waals surface area contributed by atoms with Crippen LogP contribution in [0, 0.1) is 13.8 Å². The van der Waals surface area contributed by atoms with Gasteiger partial charge in [-0.15, -0.1) is 12.4 Å². The number of fused-ring (bicyclic) bond motifs is 2. The number of carbonyl (C=O) groups is 1. The minimum Gasteiger partial charge on any atom is -0.496 e. The molecule has 180 valence electrons. The first-order valence-electron chi connectivity index (χ1n) is 11.4. The summed E-state index contributed by atoms with van der Waals surface area (Å²) in [5.41, 5.74) is 3.90. The van der Waals surface area contributed by atoms with E-state index in [1.54, 1.807) is 18.4 Å². The molecular weight excluding hydrogens is 466 g/mol. The molecule has 0 atom stereocenters. The zero-order valence-electron chi connectivity index (χ0n) is 20.4. The van der Waals surface area contributed by atoms with Crippen molar-refractivity contribution in [2.24, 2.45) is 0 Å². The summed E-state index contributed by atoms with van der Waals surface area (Å²) in [5.74, 6) is 0.498. The first kappa shape index (κ1) is 25.9. The van der Waals surface area contributed by atoms with Crippen molar-refractivity contribution in [3.63, 3.8) is 0 Å². The highest BCUT2D eigenvalue weighted by molar-refractivity contribution is 7.22. The van der Waals surface area contributed by atoms with Crippen LogP contribution in [0.15, 0.2) is 48.5 Å². The molecule has 0 aliphatic heterocycles. The van der Waals surface area contributed by atoms with E-state index in [9.17, 15) is 4.79 Å². The van der Waals surface area contributed by atoms with E-state index in [0.29, 0.717) is 17.9 Å². The summed E-state index contributed by atoms with van der Waals surface area (Å²) in [5, 5.41) is 2.79. The van der Waals surface area contributed by atoms with Gasteiger partial charge in [0.25, 0.3) is 5.91 Å². The zero-order chi connectivity index (χ0) is 23.5. The van der Waals surface area contributed by atoms with Crippen LogP contribution in [-0.4, -0.2) is 49.1 Å². The molecule has 7 heteroatoms. The fourth-order valence-electron chi connectivity index (χ4n) is 4.10. The molecule has 0 saturated carbocycles. The van der Waals surface area contributed by atoms with Gasteiger partial charge in [0, 0.05) is 13.1 Å². The molecule has 5 nitrogen and oxygen atoms in total. The Kier molecular flexibility index (Phi) is 8.52. The van der Waals surface area contributed by atoms with Crippen LogP contribution in [-0.2, 0) is 0 Å². The highest BCUT2D eigenvalue weighted by atomic mass is 35.5. The molecule has 0 saturated heterocycles. The van der Waals surface area contributed by atoms with E-state index in [0.717, 1.165) is 51.3 Å². The van der Waals surface area contributed by atoms with E-state index < -0.39 is 0 Å². The molecule has 0 aliphatic rings. The molecule has 1 heterocycles. The maximum absolute atomic E-state index is 14.0. The lowest BCUT2D eigenvalue weighted by Crippen LogP contribution is -2.39. The van der Waals surface area contributed by atoms with E-state index in [2.05, 4.69) is 44.7 Å². The number of aromatic nitrogens is 1. The van der Waals surface area contributed by atoms with Crippen molar-refractivity contribution in [2.45, 2.75) is 27.7 Å². The van der Waals surface area contributed by atoms with Gasteiger partial charge in [-0.1, -0.05) is 55.5 Å². The second-order valence-corrected chi connectivity index (χ2v) is 9.24. The SMILES string of the molecule is CCN(CC)CCN(C(=O)c1cc2ccccc2cc1OC)c1nc2c(C)c(C)ccc2s1.Cl. The van der Waals surface area contributed by atoms with Gasteiger partial charge in [0.2, 0.25) is 0 Å². The van der Waals surface area contributed by atoms with Gasteiger partial charge >= 0.3 is 0 Å². The number of nitrogens with zero attached hydrogens (tertiary/aromatic N) is 3. The molecule has 0 N–H and O–H groups in total. The molecule has 4 aromatic rings. The van der Waals surface area contributed by atoms with Gasteiger partial charge in [-0.25, -0.2) is 4.98 Å². The van der Waals surface area contributed by atoms with Crippen LogP contribution in [0.25, 0.3) is 21.0 Å². The second-order valence-electron chi connectivity index (χ2n) is 8.23. The molecule has 0 fully saturated rings. The Bertz CT molecular complexity index is 1300. The number of hydrogen-bond donors (Lipinski definition) is 0. The minimum absolute atomic E-state index is 0. The van der Waals surface area contributed by atoms with Gasteiger partial charge in [0.1, 0.15) is 5.75 Å². The Morgan fingerprint density at radius 1 is 1.00 bits per heavy atom. The van der Waals surface area contributed by atoms with E-state index in [1.807, 2.05) is 41.3 Å². The Balaban J connectivity index is 0.00000324. The molecule has 1 amide bonds. The Morgan fingerprint density at radius 3 is 2.32 bits per heavy atom. The average Bonchev–Trinajstić information content (AvgIpc) is 3.27. The van der Waals surface area contributed by atoms with Crippen LogP contribution < -0.4 is 9.64 Å². The van der Waals surface area contributed by atoms with Crippen molar-refractivity contribution in [3.05, 3.63) is 65.2 Å². The normalized spacial score (nSPS) is 11.1. The number of amides is 1. The van der Waals surface area contributed by atoms with Crippen molar-refractivity contribution >= 4 is 55.8 Å². The predicted octanol–water partition coefficient (Wildman–Crippen LogP) is 6.49. The van der Waals surface area contributed by atoms with Crippen LogP contribution in [0.4, 0.5) is 5.13 Å². The summed E-state index contributed by atoms with van der Waals surface area (Å²) in [4.78, 5) is 23.1. The zero-order valence-corrected chi connectivity index (χ0v) is 22.1. The van der Waals surface area contributed by atoms with Crippen LogP contribution in [0.2, 0.25) is 0 Å². The summed E-state index contributed by atoms with van der Waals surface area (Å²) in [6.07, 6.45) is 0. The van der Waals surface area contributed by atoms with Gasteiger partial charge in [-0.3, -0.25) is 9.69 Å². The number of anilines is 1. The summed E-state index contributed by atoms with van der Waals surface area (Å²) >= 11 is 1.57. The van der Waals surface area contributed by atoms with E-state index in [4.69, 9.17) is 9.72 Å². The molecule has 0 unspecified atom stereocenters. The van der Waals surface area contributed by atoms with Crippen molar-refractivity contribution in [1.82, 2.24) is 9.88 Å². The Morgan fingerprint density at radius 2 is 1.68 bits per heavy atom. The number of methoxy groups -OCH3 is 1. The van der Waals surface area contributed by atoms with E-state index in [-0.39, 0.29) is 18.3 Å². The molecule has 0 spiro atoms. The maximum Gasteiger partial charge on any atom is 0.263 e. The number of ether oxygens (including phenoxy) is 1. The first-order chi connectivity index (χ1) is 16.0. The summed E-state index contributed by atoms with van der Waals surface area (Å²) in [6, 6.07) is 16.1. The third-order valence-electron chi connectivity index (χ3n) is 6.38. The number of halogens is 1. The first-order valence-corrected chi connectivity index (χ1v) is 12.3. The second kappa shape index (κ2) is 11.2. The van der Waals surface area contributed by atoms with Gasteiger partial charge in [-0.05, 0) is 67.0 Å². The van der Waals surface area contributed by atoms with Crippen molar-refractivity contribution in [2.75, 3.05) is 38.2 Å². The molecule has 0 radical (unpaired) electrons. The summed E-state index contributed by atoms with van der Waals surface area (Å²) in [6.45, 7) is 11.7. The van der Waals surface area contributed by atoms with Crippen molar-refractivity contribution < 1.29 is 9.53 Å². The number of hydrogen-bond acceptors (Lipinski definition) is 5. The largest absolute Gasteiger partial charge is 0.496 e. The fraction of sp³-hybridized carbons (Fsp3) is 0.333. The molecule has 34 heavy (non-hydrogen) atoms. The van der Waals surface area contributed by atoms with E-state index in [1.165, 1.54) is 5.56 Å². The highest BCUT2D eigenvalue weighted by Crippen LogP contribution is 2.34. The molecule has 3 aromatic carbocycles. The average molecular weight is 498 g/mol. The lowest BCUT2D eigenvalue weighted by molar-refractivity contribution is 0.0981. The van der Waals surface area contributed by atoms with Crippen LogP contribution in [0.3, 0.4) is 0 Å². The standard InChI is InChI=1S/C27H31N3O2S.ClH/c1-6-29(7-2)14-15-30(27-28-25-19(4)18(3)12-13-24(25)33-27)26(31)22-16-20-10-8-9-11-21(20)17-23(22)32-5;/h8-13,16-17H,6-7,14-15H2,1-5H3;1H. The smallest absolute Gasteiger partial charge is 0.263 e. The van der Waals surface area contributed by atoms with Crippen LogP contribution in [0.1, 0.15) is 35.3 Å². The molecule has 0 bridgehead atoms. The number of aryl methyl sites for hydroxylation is 2. The van der Waals surface area contributed by atoms with Gasteiger partial charge in [-0.2, -0.15) is 0 Å². The number of benzene rings is 3. The predicted molar refractivity (Wildman–Crippen MR) is 146 cm³/mol. The number of rotatable bonds is 8. The molecule has 1 aromatic heterocycles. The number of thiazole rings is 1. The Hall–Kier alpha value is -2.67.